The molecule has 27 heavy (non-hydrogen) atoms. The van der Waals surface area contributed by atoms with Crippen molar-refractivity contribution >= 4 is 17.2 Å². The molecule has 1 aliphatic carbocycles. The first-order chi connectivity index (χ1) is 13.3. The van der Waals surface area contributed by atoms with E-state index in [4.69, 9.17) is 0 Å². The number of nitrogens with one attached hydrogen (secondary N) is 2. The Morgan fingerprint density at radius 2 is 1.85 bits per heavy atom. The lowest BCUT2D eigenvalue weighted by Crippen LogP contribution is -2.35. The van der Waals surface area contributed by atoms with E-state index < -0.39 is 0 Å². The summed E-state index contributed by atoms with van der Waals surface area (Å²) in [4.78, 5) is 13.1. The summed E-state index contributed by atoms with van der Waals surface area (Å²) >= 11 is 0. The van der Waals surface area contributed by atoms with Crippen molar-refractivity contribution < 1.29 is 0 Å². The van der Waals surface area contributed by atoms with E-state index in [9.17, 15) is 0 Å². The van der Waals surface area contributed by atoms with Gasteiger partial charge in [0.15, 0.2) is 0 Å². The molecular weight excluding hydrogens is 340 g/mol. The van der Waals surface area contributed by atoms with E-state index in [0.29, 0.717) is 23.8 Å². The van der Waals surface area contributed by atoms with Crippen molar-refractivity contribution in [3.05, 3.63) is 43.2 Å². The lowest BCUT2D eigenvalue weighted by atomic mass is 9.91. The average molecular weight is 362 g/mol. The third-order valence-corrected chi connectivity index (χ3v) is 5.44. The number of rotatable bonds is 4. The van der Waals surface area contributed by atoms with Crippen molar-refractivity contribution in [2.45, 2.75) is 37.8 Å². The molecule has 1 aliphatic rings. The molecular formula is C19H22N8. The van der Waals surface area contributed by atoms with Crippen LogP contribution >= 0.6 is 0 Å². The normalized spacial score (nSPS) is 20.3. The lowest BCUT2D eigenvalue weighted by Gasteiger charge is -2.28. The largest absolute Gasteiger partial charge is 0.350 e. The molecule has 1 saturated carbocycles. The van der Waals surface area contributed by atoms with Crippen LogP contribution in [0.15, 0.2) is 43.2 Å². The second kappa shape index (κ2) is 6.62. The van der Waals surface area contributed by atoms with Crippen LogP contribution in [0, 0.1) is 0 Å². The molecule has 2 N–H and O–H groups in total. The minimum atomic E-state index is 0.440. The van der Waals surface area contributed by atoms with Crippen molar-refractivity contribution in [3.63, 3.8) is 0 Å². The summed E-state index contributed by atoms with van der Waals surface area (Å²) < 4.78 is 3.79. The Morgan fingerprint density at radius 3 is 2.70 bits per heavy atom. The molecule has 4 heterocycles. The summed E-state index contributed by atoms with van der Waals surface area (Å²) in [5, 5.41) is 11.5. The van der Waals surface area contributed by atoms with E-state index in [1.165, 1.54) is 12.8 Å². The number of nitrogens with zero attached hydrogens (tertiary/aromatic N) is 6. The fourth-order valence-corrected chi connectivity index (χ4v) is 3.87. The van der Waals surface area contributed by atoms with Crippen LogP contribution in [0.2, 0.25) is 0 Å². The first kappa shape index (κ1) is 16.2. The van der Waals surface area contributed by atoms with Crippen LogP contribution in [0.3, 0.4) is 0 Å². The highest BCUT2D eigenvalue weighted by Gasteiger charge is 2.20. The van der Waals surface area contributed by atoms with E-state index in [1.54, 1.807) is 6.20 Å². The Kier molecular flexibility index (Phi) is 3.97. The highest BCUT2D eigenvalue weighted by atomic mass is 15.3. The van der Waals surface area contributed by atoms with Gasteiger partial charge in [0.2, 0.25) is 11.7 Å². The van der Waals surface area contributed by atoms with Gasteiger partial charge in [-0.25, -0.2) is 19.5 Å². The second-order valence-corrected chi connectivity index (χ2v) is 7.10. The third kappa shape index (κ3) is 3.02. The van der Waals surface area contributed by atoms with Gasteiger partial charge >= 0.3 is 0 Å². The molecule has 0 saturated heterocycles. The predicted molar refractivity (Wildman–Crippen MR) is 104 cm³/mol. The van der Waals surface area contributed by atoms with Gasteiger partial charge < -0.3 is 10.6 Å². The quantitative estimate of drug-likeness (QED) is 0.580. The summed E-state index contributed by atoms with van der Waals surface area (Å²) in [6.45, 7) is 0. The Hall–Kier alpha value is -3.00. The predicted octanol–water partition coefficient (Wildman–Crippen LogP) is 2.38. The van der Waals surface area contributed by atoms with E-state index in [2.05, 4.69) is 30.7 Å². The smallest absolute Gasteiger partial charge is 0.241 e. The van der Waals surface area contributed by atoms with Crippen molar-refractivity contribution in [2.75, 3.05) is 12.4 Å². The van der Waals surface area contributed by atoms with Crippen LogP contribution in [0.5, 0.6) is 0 Å². The molecule has 0 atom stereocenters. The molecule has 0 radical (unpaired) electrons. The van der Waals surface area contributed by atoms with Gasteiger partial charge in [-0.15, -0.1) is 5.10 Å². The molecule has 0 amide bonds. The van der Waals surface area contributed by atoms with Crippen molar-refractivity contribution in [2.24, 2.45) is 0 Å². The summed E-state index contributed by atoms with van der Waals surface area (Å²) in [5.74, 6) is 1.37. The van der Waals surface area contributed by atoms with Gasteiger partial charge in [-0.3, -0.25) is 4.40 Å². The average Bonchev–Trinajstić information content (AvgIpc) is 3.34. The zero-order valence-electron chi connectivity index (χ0n) is 15.2. The van der Waals surface area contributed by atoms with Gasteiger partial charge in [0, 0.05) is 54.2 Å². The number of aromatic nitrogens is 6. The van der Waals surface area contributed by atoms with Gasteiger partial charge in [0.25, 0.3) is 0 Å². The molecule has 0 bridgehead atoms. The first-order valence-electron chi connectivity index (χ1n) is 9.37. The van der Waals surface area contributed by atoms with Crippen LogP contribution < -0.4 is 10.6 Å². The fraction of sp³-hybridized carbons (Fsp3) is 0.368. The summed E-state index contributed by atoms with van der Waals surface area (Å²) in [6.07, 6.45) is 16.0. The van der Waals surface area contributed by atoms with Crippen LogP contribution in [0.25, 0.3) is 22.4 Å². The van der Waals surface area contributed by atoms with Crippen LogP contribution in [-0.4, -0.2) is 48.1 Å². The molecule has 0 aromatic carbocycles. The zero-order valence-corrected chi connectivity index (χ0v) is 15.2. The van der Waals surface area contributed by atoms with Gasteiger partial charge in [0.05, 0.1) is 11.7 Å². The van der Waals surface area contributed by atoms with Crippen LogP contribution in [-0.2, 0) is 0 Å². The molecule has 8 heteroatoms. The summed E-state index contributed by atoms with van der Waals surface area (Å²) in [7, 11) is 2.04. The van der Waals surface area contributed by atoms with Gasteiger partial charge in [-0.1, -0.05) is 0 Å². The van der Waals surface area contributed by atoms with Gasteiger partial charge in [-0.2, -0.15) is 0 Å². The Labute approximate surface area is 156 Å². The van der Waals surface area contributed by atoms with Gasteiger partial charge in [0.1, 0.15) is 0 Å². The molecule has 0 aliphatic heterocycles. The van der Waals surface area contributed by atoms with Gasteiger partial charge in [-0.05, 0) is 38.8 Å². The minimum Gasteiger partial charge on any atom is -0.350 e. The van der Waals surface area contributed by atoms with E-state index in [-0.39, 0.29) is 0 Å². The Balaban J connectivity index is 1.39. The monoisotopic (exact) mass is 362 g/mol. The number of hydrogen-bond acceptors (Lipinski definition) is 6. The van der Waals surface area contributed by atoms with Crippen LogP contribution in [0.1, 0.15) is 25.7 Å². The zero-order chi connectivity index (χ0) is 18.2. The number of hydrogen-bond donors (Lipinski definition) is 2. The van der Waals surface area contributed by atoms with E-state index in [1.807, 2.05) is 53.0 Å². The maximum absolute atomic E-state index is 4.65. The summed E-state index contributed by atoms with van der Waals surface area (Å²) in [6, 6.07) is 3.13. The maximum atomic E-state index is 4.65. The standard InChI is InChI=1S/C19H22N8/c1-20-14-2-4-15(5-3-14)24-18-22-11-17-16(6-8-27(17)25-18)13-10-23-19-21-7-9-26(19)12-13/h6-12,14-15,20H,2-5H2,1H3,(H,24,25)/t14-,15+. The number of fused-ring (bicyclic) bond motifs is 2. The number of anilines is 1. The highest BCUT2D eigenvalue weighted by Crippen LogP contribution is 2.25. The molecule has 0 spiro atoms. The Bertz CT molecular complexity index is 1070. The minimum absolute atomic E-state index is 0.440. The van der Waals surface area contributed by atoms with E-state index >= 15 is 0 Å². The van der Waals surface area contributed by atoms with Crippen molar-refractivity contribution in [3.8, 4) is 11.1 Å². The molecule has 1 fully saturated rings. The molecule has 5 rings (SSSR count). The maximum Gasteiger partial charge on any atom is 0.241 e. The van der Waals surface area contributed by atoms with E-state index in [0.717, 1.165) is 29.5 Å². The summed E-state index contributed by atoms with van der Waals surface area (Å²) in [5.41, 5.74) is 3.03. The third-order valence-electron chi connectivity index (χ3n) is 5.44. The molecule has 0 unspecified atom stereocenters. The SMILES string of the molecule is CN[C@H]1CC[C@@H](Nc2ncc3c(-c4cnc5nccn5c4)ccn3n2)CC1. The molecule has 4 aromatic rings. The molecule has 138 valence electrons. The van der Waals surface area contributed by atoms with Crippen molar-refractivity contribution in [1.29, 1.82) is 0 Å². The molecule has 8 nitrogen and oxygen atoms in total. The Morgan fingerprint density at radius 1 is 1.00 bits per heavy atom. The van der Waals surface area contributed by atoms with Crippen LogP contribution in [0.4, 0.5) is 5.95 Å². The van der Waals surface area contributed by atoms with Crippen molar-refractivity contribution in [1.82, 2.24) is 34.3 Å². The topological polar surface area (TPSA) is 84.4 Å². The second-order valence-electron chi connectivity index (χ2n) is 7.10. The number of imidazole rings is 1. The first-order valence-corrected chi connectivity index (χ1v) is 9.37. The lowest BCUT2D eigenvalue weighted by molar-refractivity contribution is 0.370. The molecule has 4 aromatic heterocycles. The fourth-order valence-electron chi connectivity index (χ4n) is 3.87. The highest BCUT2D eigenvalue weighted by molar-refractivity contribution is 5.79.